The van der Waals surface area contributed by atoms with E-state index in [1.807, 2.05) is 0 Å². The summed E-state index contributed by atoms with van der Waals surface area (Å²) in [6.45, 7) is 0. The van der Waals surface area contributed by atoms with E-state index in [1.165, 1.54) is 17.7 Å². The molecule has 2 heterocycles. The maximum absolute atomic E-state index is 5.26. The fourth-order valence-electron chi connectivity index (χ4n) is 1.83. The molecule has 0 bridgehead atoms. The normalized spacial score (nSPS) is 21.8. The molecule has 0 amide bonds. The van der Waals surface area contributed by atoms with E-state index < -0.39 is 0 Å². The molecule has 2 rings (SSSR count). The van der Waals surface area contributed by atoms with Crippen molar-refractivity contribution >= 4 is 23.3 Å². The lowest BCUT2D eigenvalue weighted by Crippen LogP contribution is -2.04. The molecule has 0 saturated carbocycles. The highest BCUT2D eigenvalue weighted by Crippen LogP contribution is 2.17. The fourth-order valence-corrected chi connectivity index (χ4v) is 2.46. The molecule has 0 radical (unpaired) electrons. The first kappa shape index (κ1) is 11.4. The standard InChI is InChI=1S/C13H17NOS/c1-15-13-7-3-2-5-11(14-13)8-9-12-6-4-10-16-12/h4,6,8-11H,2-3,5,7H2,1H3. The van der Waals surface area contributed by atoms with Crippen LogP contribution >= 0.6 is 11.3 Å². The summed E-state index contributed by atoms with van der Waals surface area (Å²) in [6.07, 6.45) is 8.90. The molecule has 0 fully saturated rings. The minimum atomic E-state index is 0.291. The third-order valence-electron chi connectivity index (χ3n) is 2.71. The van der Waals surface area contributed by atoms with Crippen molar-refractivity contribution in [1.29, 1.82) is 0 Å². The summed E-state index contributed by atoms with van der Waals surface area (Å²) in [4.78, 5) is 5.90. The first-order chi connectivity index (χ1) is 7.88. The summed E-state index contributed by atoms with van der Waals surface area (Å²) in [5.74, 6) is 0.901. The van der Waals surface area contributed by atoms with Gasteiger partial charge >= 0.3 is 0 Å². The predicted octanol–water partition coefficient (Wildman–Crippen LogP) is 3.75. The quantitative estimate of drug-likeness (QED) is 0.765. The van der Waals surface area contributed by atoms with Crippen molar-refractivity contribution in [3.8, 4) is 0 Å². The maximum Gasteiger partial charge on any atom is 0.183 e. The Labute approximate surface area is 101 Å². The molecular weight excluding hydrogens is 218 g/mol. The molecule has 1 unspecified atom stereocenters. The van der Waals surface area contributed by atoms with Crippen molar-refractivity contribution in [1.82, 2.24) is 0 Å². The van der Waals surface area contributed by atoms with Gasteiger partial charge in [-0.15, -0.1) is 11.3 Å². The first-order valence-corrected chi connectivity index (χ1v) is 6.59. The van der Waals surface area contributed by atoms with Gasteiger partial charge in [-0.05, 0) is 30.4 Å². The largest absolute Gasteiger partial charge is 0.484 e. The molecule has 1 aliphatic heterocycles. The number of hydrogen-bond donors (Lipinski definition) is 0. The molecule has 1 aromatic heterocycles. The Bertz CT molecular complexity index is 367. The van der Waals surface area contributed by atoms with Gasteiger partial charge in [0.1, 0.15) is 0 Å². The summed E-state index contributed by atoms with van der Waals surface area (Å²) in [7, 11) is 1.71. The van der Waals surface area contributed by atoms with E-state index in [2.05, 4.69) is 34.7 Å². The van der Waals surface area contributed by atoms with Gasteiger partial charge in [-0.1, -0.05) is 18.6 Å². The van der Waals surface area contributed by atoms with Crippen molar-refractivity contribution in [2.45, 2.75) is 31.7 Å². The predicted molar refractivity (Wildman–Crippen MR) is 70.1 cm³/mol. The van der Waals surface area contributed by atoms with Crippen LogP contribution in [0.5, 0.6) is 0 Å². The Morgan fingerprint density at radius 3 is 3.19 bits per heavy atom. The number of aliphatic imine (C=N–C) groups is 1. The zero-order valence-corrected chi connectivity index (χ0v) is 10.4. The highest BCUT2D eigenvalue weighted by Gasteiger charge is 2.10. The smallest absolute Gasteiger partial charge is 0.183 e. The zero-order valence-electron chi connectivity index (χ0n) is 9.56. The van der Waals surface area contributed by atoms with Gasteiger partial charge in [0, 0.05) is 11.3 Å². The SMILES string of the molecule is COC1=NC(C=Cc2cccs2)CCCC1. The van der Waals surface area contributed by atoms with Gasteiger partial charge in [-0.25, -0.2) is 4.99 Å². The van der Waals surface area contributed by atoms with Gasteiger partial charge in [0.05, 0.1) is 13.2 Å². The highest BCUT2D eigenvalue weighted by atomic mass is 32.1. The molecule has 1 aliphatic rings. The molecule has 2 nitrogen and oxygen atoms in total. The van der Waals surface area contributed by atoms with Crippen LogP contribution in [-0.2, 0) is 4.74 Å². The van der Waals surface area contributed by atoms with Crippen molar-refractivity contribution in [2.24, 2.45) is 4.99 Å². The second-order valence-corrected chi connectivity index (χ2v) is 4.89. The summed E-state index contributed by atoms with van der Waals surface area (Å²) >= 11 is 1.76. The van der Waals surface area contributed by atoms with Gasteiger partial charge in [-0.3, -0.25) is 0 Å². The lowest BCUT2D eigenvalue weighted by molar-refractivity contribution is 0.387. The van der Waals surface area contributed by atoms with Gasteiger partial charge < -0.3 is 4.74 Å². The van der Waals surface area contributed by atoms with Crippen LogP contribution in [-0.4, -0.2) is 19.0 Å². The van der Waals surface area contributed by atoms with Crippen molar-refractivity contribution in [3.05, 3.63) is 28.5 Å². The fraction of sp³-hybridized carbons (Fsp3) is 0.462. The second kappa shape index (κ2) is 5.85. The summed E-state index contributed by atoms with van der Waals surface area (Å²) in [5.41, 5.74) is 0. The Kier molecular flexibility index (Phi) is 4.17. The van der Waals surface area contributed by atoms with Crippen molar-refractivity contribution in [3.63, 3.8) is 0 Å². The molecule has 0 aliphatic carbocycles. The highest BCUT2D eigenvalue weighted by molar-refractivity contribution is 7.10. The molecule has 0 aromatic carbocycles. The molecule has 1 aromatic rings. The number of hydrogen-bond acceptors (Lipinski definition) is 3. The van der Waals surface area contributed by atoms with E-state index in [0.29, 0.717) is 6.04 Å². The molecule has 0 spiro atoms. The third kappa shape index (κ3) is 3.20. The first-order valence-electron chi connectivity index (χ1n) is 5.71. The van der Waals surface area contributed by atoms with Crippen LogP contribution in [0.3, 0.4) is 0 Å². The molecule has 0 N–H and O–H groups in total. The van der Waals surface area contributed by atoms with Crippen LogP contribution in [0.1, 0.15) is 30.6 Å². The van der Waals surface area contributed by atoms with Gasteiger partial charge in [-0.2, -0.15) is 0 Å². The van der Waals surface area contributed by atoms with Crippen molar-refractivity contribution < 1.29 is 4.74 Å². The van der Waals surface area contributed by atoms with E-state index in [9.17, 15) is 0 Å². The van der Waals surface area contributed by atoms with E-state index in [-0.39, 0.29) is 0 Å². The molecular formula is C13H17NOS. The Hall–Kier alpha value is -1.09. The van der Waals surface area contributed by atoms with Crippen molar-refractivity contribution in [2.75, 3.05) is 7.11 Å². The van der Waals surface area contributed by atoms with Crippen LogP contribution < -0.4 is 0 Å². The van der Waals surface area contributed by atoms with Crippen LogP contribution in [0, 0.1) is 0 Å². The minimum Gasteiger partial charge on any atom is -0.484 e. The van der Waals surface area contributed by atoms with E-state index in [1.54, 1.807) is 18.4 Å². The van der Waals surface area contributed by atoms with E-state index >= 15 is 0 Å². The molecule has 3 heteroatoms. The second-order valence-electron chi connectivity index (χ2n) is 3.91. The molecule has 1 atom stereocenters. The lowest BCUT2D eigenvalue weighted by Gasteiger charge is -2.05. The zero-order chi connectivity index (χ0) is 11.2. The van der Waals surface area contributed by atoms with Gasteiger partial charge in [0.25, 0.3) is 0 Å². The van der Waals surface area contributed by atoms with Crippen LogP contribution in [0.25, 0.3) is 6.08 Å². The number of methoxy groups -OCH3 is 1. The summed E-state index contributed by atoms with van der Waals surface area (Å²) < 4.78 is 5.26. The van der Waals surface area contributed by atoms with Crippen LogP contribution in [0.2, 0.25) is 0 Å². The Balaban J connectivity index is 2.02. The number of ether oxygens (including phenoxy) is 1. The van der Waals surface area contributed by atoms with Crippen LogP contribution in [0.4, 0.5) is 0 Å². The van der Waals surface area contributed by atoms with Crippen LogP contribution in [0.15, 0.2) is 28.6 Å². The number of rotatable bonds is 2. The molecule has 0 saturated heterocycles. The Morgan fingerprint density at radius 2 is 2.44 bits per heavy atom. The van der Waals surface area contributed by atoms with Gasteiger partial charge in [0.2, 0.25) is 0 Å². The average Bonchev–Trinajstić information content (AvgIpc) is 2.71. The van der Waals surface area contributed by atoms with Gasteiger partial charge in [0.15, 0.2) is 5.90 Å². The topological polar surface area (TPSA) is 21.6 Å². The van der Waals surface area contributed by atoms with E-state index in [4.69, 9.17) is 4.74 Å². The maximum atomic E-state index is 5.26. The molecule has 86 valence electrons. The molecule has 16 heavy (non-hydrogen) atoms. The third-order valence-corrected chi connectivity index (χ3v) is 3.55. The monoisotopic (exact) mass is 235 g/mol. The van der Waals surface area contributed by atoms with E-state index in [0.717, 1.165) is 18.7 Å². The minimum absolute atomic E-state index is 0.291. The number of nitrogens with zero attached hydrogens (tertiary/aromatic N) is 1. The average molecular weight is 235 g/mol. The lowest BCUT2D eigenvalue weighted by atomic mass is 10.1. The summed E-state index contributed by atoms with van der Waals surface area (Å²) in [5, 5.41) is 2.09. The Morgan fingerprint density at radius 1 is 1.50 bits per heavy atom. The number of thiophene rings is 1. The summed E-state index contributed by atoms with van der Waals surface area (Å²) in [6, 6.07) is 4.49.